The van der Waals surface area contributed by atoms with E-state index in [0.717, 1.165) is 5.56 Å². The Hall–Kier alpha value is -1.40. The molecule has 6 heteroatoms. The van der Waals surface area contributed by atoms with Crippen molar-refractivity contribution in [3.05, 3.63) is 29.8 Å². The number of amides is 1. The molecular weight excluding hydrogens is 252 g/mol. The molecule has 1 aliphatic heterocycles. The first kappa shape index (κ1) is 13.0. The van der Waals surface area contributed by atoms with Crippen LogP contribution in [0, 0.1) is 0 Å². The number of nitrogens with two attached hydrogens (primary N) is 1. The van der Waals surface area contributed by atoms with E-state index >= 15 is 0 Å². The second-order valence-corrected chi connectivity index (χ2v) is 6.61. The minimum atomic E-state index is -3.21. The molecule has 18 heavy (non-hydrogen) atoms. The van der Waals surface area contributed by atoms with Gasteiger partial charge in [0.15, 0.2) is 9.84 Å². The molecule has 1 aromatic carbocycles. The summed E-state index contributed by atoms with van der Waals surface area (Å²) in [5.74, 6) is -0.362. The number of carbonyl (C=O) groups is 1. The van der Waals surface area contributed by atoms with Crippen LogP contribution in [0.5, 0.6) is 0 Å². The first-order valence-electron chi connectivity index (χ1n) is 5.76. The first-order chi connectivity index (χ1) is 8.40. The molecule has 98 valence electrons. The van der Waals surface area contributed by atoms with Crippen molar-refractivity contribution in [1.29, 1.82) is 0 Å². The Morgan fingerprint density at radius 2 is 2.17 bits per heavy atom. The van der Waals surface area contributed by atoms with Gasteiger partial charge < -0.3 is 11.1 Å². The van der Waals surface area contributed by atoms with E-state index in [4.69, 9.17) is 5.73 Å². The summed E-state index contributed by atoms with van der Waals surface area (Å²) in [7, 11) is -3.21. The molecule has 1 aliphatic rings. The lowest BCUT2D eigenvalue weighted by Crippen LogP contribution is -2.34. The van der Waals surface area contributed by atoms with Gasteiger partial charge in [0.05, 0.1) is 10.6 Å². The zero-order valence-electron chi connectivity index (χ0n) is 10.1. The lowest BCUT2D eigenvalue weighted by atomic mass is 10.1. The third-order valence-electron chi connectivity index (χ3n) is 3.01. The van der Waals surface area contributed by atoms with Gasteiger partial charge in [0.1, 0.15) is 0 Å². The van der Waals surface area contributed by atoms with Crippen molar-refractivity contribution >= 4 is 15.7 Å². The van der Waals surface area contributed by atoms with Crippen LogP contribution in [0.2, 0.25) is 0 Å². The highest BCUT2D eigenvalue weighted by Gasteiger charge is 2.34. The number of fused-ring (bicyclic) bond motifs is 1. The van der Waals surface area contributed by atoms with E-state index in [1.807, 2.05) is 13.0 Å². The molecule has 2 rings (SSSR count). The number of hydrogen-bond donors (Lipinski definition) is 2. The van der Waals surface area contributed by atoms with Crippen molar-refractivity contribution in [2.45, 2.75) is 30.3 Å². The fraction of sp³-hybridized carbons (Fsp3) is 0.417. The Morgan fingerprint density at radius 3 is 2.83 bits per heavy atom. The van der Waals surface area contributed by atoms with Gasteiger partial charge in [0.25, 0.3) is 0 Å². The van der Waals surface area contributed by atoms with Crippen LogP contribution in [0.25, 0.3) is 0 Å². The molecule has 0 radical (unpaired) electrons. The second kappa shape index (κ2) is 4.70. The van der Waals surface area contributed by atoms with Crippen LogP contribution < -0.4 is 11.1 Å². The molecule has 0 bridgehead atoms. The summed E-state index contributed by atoms with van der Waals surface area (Å²) in [4.78, 5) is 11.2. The average Bonchev–Trinajstić information content (AvgIpc) is 2.50. The zero-order chi connectivity index (χ0) is 13.3. The average molecular weight is 268 g/mol. The number of primary amides is 1. The Balaban J connectivity index is 2.21. The summed E-state index contributed by atoms with van der Waals surface area (Å²) in [5, 5.41) is 3.14. The number of nitrogens with one attached hydrogen (secondary N) is 1. The van der Waals surface area contributed by atoms with E-state index in [2.05, 4.69) is 5.32 Å². The summed E-state index contributed by atoms with van der Waals surface area (Å²) in [6, 6.07) is 6.53. The highest BCUT2D eigenvalue weighted by molar-refractivity contribution is 7.91. The molecule has 1 heterocycles. The van der Waals surface area contributed by atoms with Crippen LogP contribution >= 0.6 is 0 Å². The predicted molar refractivity (Wildman–Crippen MR) is 67.6 cm³/mol. The maximum absolute atomic E-state index is 11.9. The second-order valence-electron chi connectivity index (χ2n) is 4.61. The van der Waals surface area contributed by atoms with Gasteiger partial charge in [-0.3, -0.25) is 4.79 Å². The summed E-state index contributed by atoms with van der Waals surface area (Å²) >= 11 is 0. The molecule has 0 fully saturated rings. The van der Waals surface area contributed by atoms with Crippen LogP contribution in [-0.2, 0) is 14.6 Å². The van der Waals surface area contributed by atoms with Crippen molar-refractivity contribution in [2.75, 3.05) is 5.75 Å². The number of hydrogen-bond acceptors (Lipinski definition) is 4. The van der Waals surface area contributed by atoms with E-state index in [0.29, 0.717) is 4.90 Å². The fourth-order valence-electron chi connectivity index (χ4n) is 2.29. The summed E-state index contributed by atoms with van der Waals surface area (Å²) in [6.07, 6.45) is 0.193. The largest absolute Gasteiger partial charge is 0.370 e. The van der Waals surface area contributed by atoms with Crippen LogP contribution in [0.4, 0.5) is 0 Å². The minimum Gasteiger partial charge on any atom is -0.370 e. The predicted octanol–water partition coefficient (Wildman–Crippen LogP) is 0.369. The molecule has 1 aromatic rings. The number of rotatable bonds is 4. The highest BCUT2D eigenvalue weighted by atomic mass is 32.2. The molecule has 2 atom stereocenters. The molecule has 2 unspecified atom stereocenters. The van der Waals surface area contributed by atoms with Crippen LogP contribution in [-0.4, -0.2) is 26.1 Å². The quantitative estimate of drug-likeness (QED) is 0.825. The molecule has 0 saturated carbocycles. The number of carbonyl (C=O) groups excluding carboxylic acids is 1. The maximum atomic E-state index is 11.9. The van der Waals surface area contributed by atoms with Gasteiger partial charge >= 0.3 is 0 Å². The maximum Gasteiger partial charge on any atom is 0.218 e. The molecule has 5 nitrogen and oxygen atoms in total. The van der Waals surface area contributed by atoms with Crippen LogP contribution in [0.1, 0.15) is 24.9 Å². The molecule has 0 aliphatic carbocycles. The van der Waals surface area contributed by atoms with E-state index in [1.54, 1.807) is 18.2 Å². The molecule has 0 spiro atoms. The summed E-state index contributed by atoms with van der Waals surface area (Å²) in [5.41, 5.74) is 5.89. The lowest BCUT2D eigenvalue weighted by molar-refractivity contribution is -0.118. The minimum absolute atomic E-state index is 0.0372. The van der Waals surface area contributed by atoms with Crippen molar-refractivity contribution in [3.8, 4) is 0 Å². The molecule has 3 N–H and O–H groups in total. The first-order valence-corrected chi connectivity index (χ1v) is 7.41. The third kappa shape index (κ3) is 2.54. The Morgan fingerprint density at radius 1 is 1.50 bits per heavy atom. The van der Waals surface area contributed by atoms with Gasteiger partial charge in [-0.25, -0.2) is 8.42 Å². The Kier molecular flexibility index (Phi) is 3.41. The normalized spacial score (nSPS) is 22.4. The Bertz CT molecular complexity index is 568. The fourth-order valence-corrected chi connectivity index (χ4v) is 4.04. The molecule has 0 aromatic heterocycles. The van der Waals surface area contributed by atoms with Crippen molar-refractivity contribution in [2.24, 2.45) is 5.73 Å². The van der Waals surface area contributed by atoms with Gasteiger partial charge in [0.2, 0.25) is 5.91 Å². The van der Waals surface area contributed by atoms with Crippen molar-refractivity contribution in [1.82, 2.24) is 5.32 Å². The SMILES string of the molecule is CC(CC(N)=O)NC1CS(=O)(=O)c2ccccc21. The number of benzene rings is 1. The summed E-state index contributed by atoms with van der Waals surface area (Å²) < 4.78 is 23.9. The van der Waals surface area contributed by atoms with E-state index < -0.39 is 15.7 Å². The monoisotopic (exact) mass is 268 g/mol. The smallest absolute Gasteiger partial charge is 0.218 e. The van der Waals surface area contributed by atoms with Gasteiger partial charge in [-0.1, -0.05) is 18.2 Å². The zero-order valence-corrected chi connectivity index (χ0v) is 10.9. The topological polar surface area (TPSA) is 89.3 Å². The number of sulfone groups is 1. The summed E-state index contributed by atoms with van der Waals surface area (Å²) in [6.45, 7) is 1.82. The van der Waals surface area contributed by atoms with Crippen molar-refractivity contribution < 1.29 is 13.2 Å². The van der Waals surface area contributed by atoms with Crippen LogP contribution in [0.3, 0.4) is 0 Å². The van der Waals surface area contributed by atoms with Gasteiger partial charge in [-0.05, 0) is 18.6 Å². The van der Waals surface area contributed by atoms with E-state index in [-0.39, 0.29) is 24.3 Å². The standard InChI is InChI=1S/C12H16N2O3S/c1-8(6-12(13)15)14-10-7-18(16,17)11-5-3-2-4-9(10)11/h2-5,8,10,14H,6-7H2,1H3,(H2,13,15). The Labute approximate surface area is 106 Å². The van der Waals surface area contributed by atoms with E-state index in [9.17, 15) is 13.2 Å². The van der Waals surface area contributed by atoms with Gasteiger partial charge in [-0.15, -0.1) is 0 Å². The molecule has 1 amide bonds. The van der Waals surface area contributed by atoms with Crippen molar-refractivity contribution in [3.63, 3.8) is 0 Å². The lowest BCUT2D eigenvalue weighted by Gasteiger charge is -2.18. The van der Waals surface area contributed by atoms with Gasteiger partial charge in [-0.2, -0.15) is 0 Å². The highest BCUT2D eigenvalue weighted by Crippen LogP contribution is 2.33. The van der Waals surface area contributed by atoms with Crippen LogP contribution in [0.15, 0.2) is 29.2 Å². The third-order valence-corrected chi connectivity index (χ3v) is 4.82. The van der Waals surface area contributed by atoms with E-state index in [1.165, 1.54) is 0 Å². The molecule has 0 saturated heterocycles. The molecular formula is C12H16N2O3S. The van der Waals surface area contributed by atoms with Gasteiger partial charge in [0, 0.05) is 18.5 Å².